The summed E-state index contributed by atoms with van der Waals surface area (Å²) < 4.78 is 11.1. The molecule has 1 fully saturated rings. The molecule has 1 aliphatic rings. The Hall–Kier alpha value is -2.15. The van der Waals surface area contributed by atoms with E-state index in [1.165, 1.54) is 0 Å². The predicted molar refractivity (Wildman–Crippen MR) is 94.7 cm³/mol. The first-order chi connectivity index (χ1) is 12.2. The Balaban J connectivity index is 1.53. The van der Waals surface area contributed by atoms with Crippen molar-refractivity contribution in [3.05, 3.63) is 58.3 Å². The zero-order chi connectivity index (χ0) is 17.2. The van der Waals surface area contributed by atoms with Gasteiger partial charge in [-0.15, -0.1) is 0 Å². The molecule has 8 heteroatoms. The third kappa shape index (κ3) is 3.61. The fraction of sp³-hybridized carbons (Fsp3) is 0.235. The van der Waals surface area contributed by atoms with Crippen LogP contribution in [0.25, 0.3) is 11.4 Å². The van der Waals surface area contributed by atoms with Gasteiger partial charge in [0.1, 0.15) is 6.10 Å². The average molecular weight is 377 g/mol. The Labute approximate surface area is 154 Å². The summed E-state index contributed by atoms with van der Waals surface area (Å²) in [6, 6.07) is 9.36. The van der Waals surface area contributed by atoms with Crippen LogP contribution in [0.15, 0.2) is 47.2 Å². The first kappa shape index (κ1) is 16.3. The Morgan fingerprint density at radius 1 is 1.16 bits per heavy atom. The topological polar surface area (TPSA) is 73.1 Å². The molecule has 0 aliphatic carbocycles. The minimum absolute atomic E-state index is 0.0282. The molecule has 2 atom stereocenters. The molecule has 0 unspecified atom stereocenters. The van der Waals surface area contributed by atoms with Crippen molar-refractivity contribution >= 4 is 29.2 Å². The molecule has 0 spiro atoms. The summed E-state index contributed by atoms with van der Waals surface area (Å²) in [4.78, 5) is 8.52. The molecule has 0 bridgehead atoms. The van der Waals surface area contributed by atoms with E-state index in [0.717, 1.165) is 12.0 Å². The number of hydrogen-bond acceptors (Lipinski definition) is 6. The molecular weight excluding hydrogens is 363 g/mol. The molecule has 6 nitrogen and oxygen atoms in total. The Kier molecular flexibility index (Phi) is 4.57. The van der Waals surface area contributed by atoms with Crippen LogP contribution in [0.5, 0.6) is 0 Å². The van der Waals surface area contributed by atoms with Crippen molar-refractivity contribution in [1.82, 2.24) is 15.1 Å². The van der Waals surface area contributed by atoms with Crippen LogP contribution in [0.1, 0.15) is 18.1 Å². The molecule has 3 aromatic rings. The van der Waals surface area contributed by atoms with Gasteiger partial charge >= 0.3 is 6.01 Å². The highest BCUT2D eigenvalue weighted by Crippen LogP contribution is 2.31. The smallest absolute Gasteiger partial charge is 0.322 e. The van der Waals surface area contributed by atoms with Crippen LogP contribution in [-0.4, -0.2) is 27.8 Å². The summed E-state index contributed by atoms with van der Waals surface area (Å²) in [5, 5.41) is 8.27. The molecule has 1 aliphatic heterocycles. The number of anilines is 1. The van der Waals surface area contributed by atoms with Gasteiger partial charge in [0, 0.05) is 40.2 Å². The standard InChI is InChI=1S/C17H14Cl2N4O2/c18-12-6-11(7-13(19)8-12)16-22-17(25-23-16)21-14-3-5-24-15(14)10-2-1-4-20-9-10/h1-2,4,6-9,14-15H,3,5H2,(H,21,22,23)/t14-,15+/m0/s1. The van der Waals surface area contributed by atoms with E-state index in [4.69, 9.17) is 32.5 Å². The Morgan fingerprint density at radius 2 is 2.00 bits per heavy atom. The fourth-order valence-electron chi connectivity index (χ4n) is 2.85. The highest BCUT2D eigenvalue weighted by atomic mass is 35.5. The van der Waals surface area contributed by atoms with Crippen molar-refractivity contribution in [3.8, 4) is 11.4 Å². The van der Waals surface area contributed by atoms with E-state index in [-0.39, 0.29) is 12.1 Å². The SMILES string of the molecule is Clc1cc(Cl)cc(-c2noc(N[C@H]3CCO[C@@H]3c3cccnc3)n2)c1. The average Bonchev–Trinajstić information content (AvgIpc) is 3.25. The molecule has 4 rings (SSSR count). The molecule has 1 saturated heterocycles. The maximum Gasteiger partial charge on any atom is 0.322 e. The second-order valence-corrected chi connectivity index (χ2v) is 6.57. The zero-order valence-corrected chi connectivity index (χ0v) is 14.5. The molecule has 1 aromatic carbocycles. The van der Waals surface area contributed by atoms with Crippen LogP contribution in [0.4, 0.5) is 6.01 Å². The number of benzene rings is 1. The van der Waals surface area contributed by atoms with Crippen molar-refractivity contribution in [2.24, 2.45) is 0 Å². The maximum absolute atomic E-state index is 6.02. The van der Waals surface area contributed by atoms with Gasteiger partial charge in [-0.25, -0.2) is 0 Å². The van der Waals surface area contributed by atoms with Gasteiger partial charge in [-0.2, -0.15) is 4.98 Å². The van der Waals surface area contributed by atoms with Crippen LogP contribution in [0, 0.1) is 0 Å². The van der Waals surface area contributed by atoms with E-state index in [1.54, 1.807) is 30.6 Å². The van der Waals surface area contributed by atoms with Gasteiger partial charge in [0.15, 0.2) is 0 Å². The van der Waals surface area contributed by atoms with Gasteiger partial charge in [-0.1, -0.05) is 34.4 Å². The number of pyridine rings is 1. The summed E-state index contributed by atoms with van der Waals surface area (Å²) in [6.45, 7) is 0.655. The van der Waals surface area contributed by atoms with Crippen molar-refractivity contribution in [2.45, 2.75) is 18.6 Å². The summed E-state index contributed by atoms with van der Waals surface area (Å²) in [5.41, 5.74) is 1.71. The van der Waals surface area contributed by atoms with E-state index < -0.39 is 0 Å². The zero-order valence-electron chi connectivity index (χ0n) is 13.0. The lowest BCUT2D eigenvalue weighted by atomic mass is 10.0. The van der Waals surface area contributed by atoms with Gasteiger partial charge in [0.25, 0.3) is 0 Å². The number of hydrogen-bond donors (Lipinski definition) is 1. The fourth-order valence-corrected chi connectivity index (χ4v) is 3.38. The molecule has 128 valence electrons. The maximum atomic E-state index is 6.02. The lowest BCUT2D eigenvalue weighted by Crippen LogP contribution is -2.23. The third-order valence-electron chi connectivity index (χ3n) is 3.96. The van der Waals surface area contributed by atoms with Gasteiger partial charge in [0.2, 0.25) is 5.82 Å². The molecule has 0 saturated carbocycles. The second kappa shape index (κ2) is 7.00. The molecule has 25 heavy (non-hydrogen) atoms. The van der Waals surface area contributed by atoms with Gasteiger partial charge < -0.3 is 14.6 Å². The molecule has 0 radical (unpaired) electrons. The lowest BCUT2D eigenvalue weighted by molar-refractivity contribution is 0.107. The molecule has 2 aromatic heterocycles. The van der Waals surface area contributed by atoms with E-state index in [9.17, 15) is 0 Å². The number of aromatic nitrogens is 3. The highest BCUT2D eigenvalue weighted by molar-refractivity contribution is 6.35. The van der Waals surface area contributed by atoms with E-state index >= 15 is 0 Å². The summed E-state index contributed by atoms with van der Waals surface area (Å²) in [5.74, 6) is 0.420. The number of nitrogens with zero attached hydrogens (tertiary/aromatic N) is 3. The highest BCUT2D eigenvalue weighted by Gasteiger charge is 2.31. The normalized spacial score (nSPS) is 19.9. The predicted octanol–water partition coefficient (Wildman–Crippen LogP) is 4.38. The summed E-state index contributed by atoms with van der Waals surface area (Å²) in [7, 11) is 0. The van der Waals surface area contributed by atoms with E-state index in [1.807, 2.05) is 12.1 Å². The van der Waals surface area contributed by atoms with Crippen molar-refractivity contribution in [3.63, 3.8) is 0 Å². The largest absolute Gasteiger partial charge is 0.371 e. The molecule has 1 N–H and O–H groups in total. The van der Waals surface area contributed by atoms with Crippen LogP contribution >= 0.6 is 23.2 Å². The molecule has 3 heterocycles. The number of nitrogens with one attached hydrogen (secondary N) is 1. The summed E-state index contributed by atoms with van der Waals surface area (Å²) >= 11 is 12.0. The number of halogens is 2. The number of rotatable bonds is 4. The number of ether oxygens (including phenoxy) is 1. The summed E-state index contributed by atoms with van der Waals surface area (Å²) in [6.07, 6.45) is 4.27. The van der Waals surface area contributed by atoms with Gasteiger partial charge in [-0.05, 0) is 30.7 Å². The van der Waals surface area contributed by atoms with Gasteiger partial charge in [0.05, 0.1) is 6.04 Å². The minimum Gasteiger partial charge on any atom is -0.371 e. The van der Waals surface area contributed by atoms with Crippen LogP contribution in [0.2, 0.25) is 10.0 Å². The molecular formula is C17H14Cl2N4O2. The lowest BCUT2D eigenvalue weighted by Gasteiger charge is -2.18. The first-order valence-electron chi connectivity index (χ1n) is 7.77. The van der Waals surface area contributed by atoms with Crippen molar-refractivity contribution in [2.75, 3.05) is 11.9 Å². The monoisotopic (exact) mass is 376 g/mol. The molecule has 0 amide bonds. The third-order valence-corrected chi connectivity index (χ3v) is 4.40. The van der Waals surface area contributed by atoms with Crippen LogP contribution in [0.3, 0.4) is 0 Å². The van der Waals surface area contributed by atoms with Crippen LogP contribution in [-0.2, 0) is 4.74 Å². The second-order valence-electron chi connectivity index (χ2n) is 5.70. The van der Waals surface area contributed by atoms with E-state index in [2.05, 4.69) is 20.4 Å². The van der Waals surface area contributed by atoms with E-state index in [0.29, 0.717) is 34.1 Å². The van der Waals surface area contributed by atoms with Crippen molar-refractivity contribution in [1.29, 1.82) is 0 Å². The Bertz CT molecular complexity index is 852. The minimum atomic E-state index is -0.107. The Morgan fingerprint density at radius 3 is 2.76 bits per heavy atom. The van der Waals surface area contributed by atoms with Crippen LogP contribution < -0.4 is 5.32 Å². The quantitative estimate of drug-likeness (QED) is 0.728. The van der Waals surface area contributed by atoms with Crippen molar-refractivity contribution < 1.29 is 9.26 Å². The van der Waals surface area contributed by atoms with Gasteiger partial charge in [-0.3, -0.25) is 4.98 Å². The first-order valence-corrected chi connectivity index (χ1v) is 8.53.